The van der Waals surface area contributed by atoms with Crippen LogP contribution in [-0.4, -0.2) is 18.2 Å². The summed E-state index contributed by atoms with van der Waals surface area (Å²) in [7, 11) is 1.27. The first kappa shape index (κ1) is 12.4. The Bertz CT molecular complexity index is 565. The van der Waals surface area contributed by atoms with E-state index in [0.29, 0.717) is 16.3 Å². The number of hydrazine groups is 1. The monoisotopic (exact) mass is 267 g/mol. The molecule has 0 aliphatic carbocycles. The molecule has 0 radical (unpaired) electrons. The van der Waals surface area contributed by atoms with Gasteiger partial charge in [0.2, 0.25) is 0 Å². The quantitative estimate of drug-likeness (QED) is 0.503. The number of rotatable bonds is 3. The number of carbonyl (C=O) groups excluding carboxylic acids is 1. The van der Waals surface area contributed by atoms with Gasteiger partial charge in [-0.1, -0.05) is 28.9 Å². The van der Waals surface area contributed by atoms with Gasteiger partial charge in [0.25, 0.3) is 5.88 Å². The highest BCUT2D eigenvalue weighted by molar-refractivity contribution is 6.30. The van der Waals surface area contributed by atoms with Crippen LogP contribution in [0.2, 0.25) is 5.02 Å². The first-order valence-corrected chi connectivity index (χ1v) is 5.35. The standard InChI is InChI=1S/C11H10ClN3O3/c1-17-11(16)8-9(15-18-10(8)14-13)6-2-4-7(12)5-3-6/h2-5,14H,13H2,1H3. The van der Waals surface area contributed by atoms with Gasteiger partial charge in [-0.15, -0.1) is 0 Å². The Morgan fingerprint density at radius 2 is 2.11 bits per heavy atom. The highest BCUT2D eigenvalue weighted by Gasteiger charge is 2.24. The van der Waals surface area contributed by atoms with E-state index in [1.54, 1.807) is 24.3 Å². The van der Waals surface area contributed by atoms with Crippen molar-refractivity contribution in [2.45, 2.75) is 0 Å². The fraction of sp³-hybridized carbons (Fsp3) is 0.0909. The molecule has 6 nitrogen and oxygen atoms in total. The van der Waals surface area contributed by atoms with Gasteiger partial charge in [0.05, 0.1) is 7.11 Å². The van der Waals surface area contributed by atoms with Crippen LogP contribution in [0, 0.1) is 0 Å². The van der Waals surface area contributed by atoms with Crippen molar-refractivity contribution in [3.63, 3.8) is 0 Å². The molecule has 0 unspecified atom stereocenters. The van der Waals surface area contributed by atoms with Gasteiger partial charge < -0.3 is 9.26 Å². The molecule has 0 bridgehead atoms. The van der Waals surface area contributed by atoms with Crippen molar-refractivity contribution >= 4 is 23.5 Å². The molecular weight excluding hydrogens is 258 g/mol. The SMILES string of the molecule is COC(=O)c1c(-c2ccc(Cl)cc2)noc1NN. The molecule has 2 aromatic rings. The number of halogens is 1. The number of nitrogens with zero attached hydrogens (tertiary/aromatic N) is 1. The van der Waals surface area contributed by atoms with Crippen LogP contribution in [0.3, 0.4) is 0 Å². The van der Waals surface area contributed by atoms with Crippen LogP contribution < -0.4 is 11.3 Å². The second-order valence-corrected chi connectivity index (χ2v) is 3.81. The molecule has 3 N–H and O–H groups in total. The van der Waals surface area contributed by atoms with E-state index in [1.807, 2.05) is 0 Å². The Kier molecular flexibility index (Phi) is 3.50. The molecule has 0 saturated heterocycles. The smallest absolute Gasteiger partial charge is 0.345 e. The van der Waals surface area contributed by atoms with Gasteiger partial charge in [-0.05, 0) is 12.1 Å². The largest absolute Gasteiger partial charge is 0.465 e. The molecule has 1 heterocycles. The van der Waals surface area contributed by atoms with Crippen molar-refractivity contribution in [3.05, 3.63) is 34.9 Å². The van der Waals surface area contributed by atoms with Gasteiger partial charge in [-0.25, -0.2) is 10.6 Å². The molecular formula is C11H10ClN3O3. The third kappa shape index (κ3) is 2.15. The summed E-state index contributed by atoms with van der Waals surface area (Å²) in [5.41, 5.74) is 3.41. The number of benzene rings is 1. The summed E-state index contributed by atoms with van der Waals surface area (Å²) in [6, 6.07) is 6.80. The van der Waals surface area contributed by atoms with E-state index >= 15 is 0 Å². The molecule has 0 spiro atoms. The molecule has 0 saturated carbocycles. The molecule has 18 heavy (non-hydrogen) atoms. The topological polar surface area (TPSA) is 90.4 Å². The van der Waals surface area contributed by atoms with Gasteiger partial charge in [0, 0.05) is 10.6 Å². The highest BCUT2D eigenvalue weighted by Crippen LogP contribution is 2.29. The Hall–Kier alpha value is -2.05. The molecule has 0 amide bonds. The predicted molar refractivity (Wildman–Crippen MR) is 66.1 cm³/mol. The summed E-state index contributed by atoms with van der Waals surface area (Å²) in [6.45, 7) is 0. The average molecular weight is 268 g/mol. The second kappa shape index (κ2) is 5.07. The maximum atomic E-state index is 11.7. The maximum Gasteiger partial charge on any atom is 0.345 e. The average Bonchev–Trinajstić information content (AvgIpc) is 2.82. The Morgan fingerprint density at radius 1 is 1.44 bits per heavy atom. The molecule has 2 rings (SSSR count). The summed E-state index contributed by atoms with van der Waals surface area (Å²) in [6.07, 6.45) is 0. The zero-order valence-corrected chi connectivity index (χ0v) is 10.2. The van der Waals surface area contributed by atoms with Crippen molar-refractivity contribution < 1.29 is 14.1 Å². The first-order chi connectivity index (χ1) is 8.67. The zero-order chi connectivity index (χ0) is 13.1. The van der Waals surface area contributed by atoms with Crippen molar-refractivity contribution in [1.82, 2.24) is 5.16 Å². The van der Waals surface area contributed by atoms with Gasteiger partial charge in [0.1, 0.15) is 5.69 Å². The van der Waals surface area contributed by atoms with E-state index in [2.05, 4.69) is 15.3 Å². The van der Waals surface area contributed by atoms with Crippen LogP contribution in [0.15, 0.2) is 28.8 Å². The number of hydrogen-bond donors (Lipinski definition) is 2. The maximum absolute atomic E-state index is 11.7. The van der Waals surface area contributed by atoms with Crippen LogP contribution in [0.1, 0.15) is 10.4 Å². The van der Waals surface area contributed by atoms with Gasteiger partial charge in [0.15, 0.2) is 5.56 Å². The lowest BCUT2D eigenvalue weighted by molar-refractivity contribution is 0.0602. The number of methoxy groups -OCH3 is 1. The second-order valence-electron chi connectivity index (χ2n) is 3.38. The molecule has 0 aliphatic heterocycles. The summed E-state index contributed by atoms with van der Waals surface area (Å²) < 4.78 is 9.60. The first-order valence-electron chi connectivity index (χ1n) is 4.98. The molecule has 94 valence electrons. The van der Waals surface area contributed by atoms with Crippen LogP contribution in [-0.2, 0) is 4.74 Å². The normalized spacial score (nSPS) is 10.2. The number of esters is 1. The van der Waals surface area contributed by atoms with E-state index < -0.39 is 5.97 Å². The van der Waals surface area contributed by atoms with Gasteiger partial charge >= 0.3 is 5.97 Å². The summed E-state index contributed by atoms with van der Waals surface area (Å²) in [5.74, 6) is 4.71. The fourth-order valence-corrected chi connectivity index (χ4v) is 1.61. The van der Waals surface area contributed by atoms with Crippen molar-refractivity contribution in [2.24, 2.45) is 5.84 Å². The number of nitrogens with one attached hydrogen (secondary N) is 1. The molecule has 7 heteroatoms. The Balaban J connectivity index is 2.54. The predicted octanol–water partition coefficient (Wildman–Crippen LogP) is 2.07. The van der Waals surface area contributed by atoms with Gasteiger partial charge in [-0.2, -0.15) is 0 Å². The molecule has 0 aliphatic rings. The highest BCUT2D eigenvalue weighted by atomic mass is 35.5. The van der Waals surface area contributed by atoms with E-state index in [1.165, 1.54) is 7.11 Å². The van der Waals surface area contributed by atoms with Crippen LogP contribution in [0.5, 0.6) is 0 Å². The third-order valence-electron chi connectivity index (χ3n) is 2.33. The van der Waals surface area contributed by atoms with Crippen molar-refractivity contribution in [1.29, 1.82) is 0 Å². The summed E-state index contributed by atoms with van der Waals surface area (Å²) in [4.78, 5) is 11.7. The molecule has 0 atom stereocenters. The fourth-order valence-electron chi connectivity index (χ4n) is 1.48. The number of nitrogens with two attached hydrogens (primary N) is 1. The number of carbonyl (C=O) groups is 1. The number of ether oxygens (including phenoxy) is 1. The van der Waals surface area contributed by atoms with E-state index in [4.69, 9.17) is 22.0 Å². The number of anilines is 1. The molecule has 0 fully saturated rings. The van der Waals surface area contributed by atoms with Crippen molar-refractivity contribution in [2.75, 3.05) is 12.5 Å². The van der Waals surface area contributed by atoms with Crippen LogP contribution in [0.4, 0.5) is 5.88 Å². The number of nitrogen functional groups attached to an aromatic ring is 1. The van der Waals surface area contributed by atoms with Crippen LogP contribution in [0.25, 0.3) is 11.3 Å². The summed E-state index contributed by atoms with van der Waals surface area (Å²) >= 11 is 5.79. The lowest BCUT2D eigenvalue weighted by Gasteiger charge is -2.01. The Morgan fingerprint density at radius 3 is 2.67 bits per heavy atom. The minimum atomic E-state index is -0.589. The van der Waals surface area contributed by atoms with E-state index in [0.717, 1.165) is 0 Å². The minimum absolute atomic E-state index is 0.0480. The van der Waals surface area contributed by atoms with Crippen molar-refractivity contribution in [3.8, 4) is 11.3 Å². The van der Waals surface area contributed by atoms with E-state index in [-0.39, 0.29) is 11.4 Å². The Labute approximate surface area is 108 Å². The lowest BCUT2D eigenvalue weighted by atomic mass is 10.1. The number of aromatic nitrogens is 1. The third-order valence-corrected chi connectivity index (χ3v) is 2.58. The van der Waals surface area contributed by atoms with Gasteiger partial charge in [-0.3, -0.25) is 5.43 Å². The van der Waals surface area contributed by atoms with Crippen LogP contribution >= 0.6 is 11.6 Å². The minimum Gasteiger partial charge on any atom is -0.465 e. The number of hydrogen-bond acceptors (Lipinski definition) is 6. The molecule has 1 aromatic carbocycles. The summed E-state index contributed by atoms with van der Waals surface area (Å²) in [5, 5.41) is 4.38. The van der Waals surface area contributed by atoms with E-state index in [9.17, 15) is 4.79 Å². The molecule has 1 aromatic heterocycles. The lowest BCUT2D eigenvalue weighted by Crippen LogP contribution is -2.11. The zero-order valence-electron chi connectivity index (χ0n) is 9.44.